The number of aromatic nitrogens is 2. The van der Waals surface area contributed by atoms with Crippen LogP contribution in [0.2, 0.25) is 0 Å². The van der Waals surface area contributed by atoms with Gasteiger partial charge in [0.05, 0.1) is 16.9 Å². The number of thiophene rings is 1. The monoisotopic (exact) mass is 428 g/mol. The van der Waals surface area contributed by atoms with Crippen LogP contribution in [0.1, 0.15) is 34.6 Å². The number of amides is 1. The molecular formula is C21H24N4O4S. The van der Waals surface area contributed by atoms with Gasteiger partial charge in [-0.2, -0.15) is 0 Å². The molecule has 3 heterocycles. The molecule has 0 radical (unpaired) electrons. The van der Waals surface area contributed by atoms with Crippen LogP contribution >= 0.6 is 11.3 Å². The molecule has 4 rings (SSSR count). The number of carbonyl (C=O) groups is 1. The van der Waals surface area contributed by atoms with Crippen LogP contribution in [0, 0.1) is 6.92 Å². The summed E-state index contributed by atoms with van der Waals surface area (Å²) < 4.78 is 10.8. The first kappa shape index (κ1) is 20.4. The molecule has 1 aliphatic heterocycles. The highest BCUT2D eigenvalue weighted by Crippen LogP contribution is 2.35. The third kappa shape index (κ3) is 3.78. The Balaban J connectivity index is 1.61. The van der Waals surface area contributed by atoms with Crippen molar-refractivity contribution in [3.8, 4) is 11.5 Å². The lowest BCUT2D eigenvalue weighted by atomic mass is 10.1. The lowest BCUT2D eigenvalue weighted by Gasteiger charge is -2.25. The molecule has 0 spiro atoms. The molecular weight excluding hydrogens is 404 g/mol. The Labute approximate surface area is 178 Å². The average Bonchev–Trinajstić information content (AvgIpc) is 3.34. The molecule has 0 aliphatic carbocycles. The van der Waals surface area contributed by atoms with Crippen molar-refractivity contribution in [2.75, 3.05) is 25.3 Å². The molecule has 30 heavy (non-hydrogen) atoms. The van der Waals surface area contributed by atoms with E-state index in [0.717, 1.165) is 32.8 Å². The van der Waals surface area contributed by atoms with Crippen LogP contribution in [0.15, 0.2) is 24.5 Å². The van der Waals surface area contributed by atoms with Crippen LogP contribution in [0.3, 0.4) is 0 Å². The van der Waals surface area contributed by atoms with Crippen molar-refractivity contribution in [2.24, 2.45) is 0 Å². The number of nitrogens with zero attached hydrogens (tertiary/aromatic N) is 3. The number of anilines is 1. The summed E-state index contributed by atoms with van der Waals surface area (Å²) in [5.41, 5.74) is 1.88. The minimum atomic E-state index is -0.0960. The molecule has 0 saturated carbocycles. The first-order chi connectivity index (χ1) is 14.5. The van der Waals surface area contributed by atoms with Gasteiger partial charge in [-0.3, -0.25) is 4.79 Å². The maximum absolute atomic E-state index is 13.1. The first-order valence-electron chi connectivity index (χ1n) is 9.78. The van der Waals surface area contributed by atoms with E-state index in [1.54, 1.807) is 4.90 Å². The SMILES string of the molecule is Cc1c(C(=O)N(CCO)C(C)C)sc2ncnc(NCc3ccc4c(c3)OCO4)c12. The predicted octanol–water partition coefficient (Wildman–Crippen LogP) is 3.18. The van der Waals surface area contributed by atoms with Crippen LogP contribution in [0.4, 0.5) is 5.82 Å². The summed E-state index contributed by atoms with van der Waals surface area (Å²) in [4.78, 5) is 24.9. The standard InChI is InChI=1S/C21H24N4O4S/c1-12(2)25(6-7-26)21(27)18-13(3)17-19(23-10-24-20(17)30-18)22-9-14-4-5-15-16(8-14)29-11-28-15/h4-5,8,10,12,26H,6-7,9,11H2,1-3H3,(H,22,23,24). The summed E-state index contributed by atoms with van der Waals surface area (Å²) in [7, 11) is 0. The van der Waals surface area contributed by atoms with Crippen LogP contribution in [-0.2, 0) is 6.54 Å². The van der Waals surface area contributed by atoms with E-state index in [1.807, 2.05) is 39.0 Å². The number of hydrogen-bond acceptors (Lipinski definition) is 8. The van der Waals surface area contributed by atoms with Crippen LogP contribution < -0.4 is 14.8 Å². The minimum absolute atomic E-state index is 0.0102. The number of benzene rings is 1. The Morgan fingerprint density at radius 2 is 2.10 bits per heavy atom. The van der Waals surface area contributed by atoms with Gasteiger partial charge in [0.1, 0.15) is 17.0 Å². The van der Waals surface area contributed by atoms with Crippen LogP contribution in [0.25, 0.3) is 10.2 Å². The Morgan fingerprint density at radius 1 is 1.30 bits per heavy atom. The minimum Gasteiger partial charge on any atom is -0.454 e. The summed E-state index contributed by atoms with van der Waals surface area (Å²) in [5, 5.41) is 13.5. The van der Waals surface area contributed by atoms with E-state index in [-0.39, 0.29) is 25.3 Å². The molecule has 158 valence electrons. The van der Waals surface area contributed by atoms with E-state index < -0.39 is 0 Å². The van der Waals surface area contributed by atoms with Crippen LogP contribution in [0.5, 0.6) is 11.5 Å². The second kappa shape index (κ2) is 8.45. The fraction of sp³-hybridized carbons (Fsp3) is 0.381. The van der Waals surface area contributed by atoms with E-state index in [2.05, 4.69) is 15.3 Å². The van der Waals surface area contributed by atoms with Crippen molar-refractivity contribution >= 4 is 33.3 Å². The van der Waals surface area contributed by atoms with E-state index in [9.17, 15) is 9.90 Å². The molecule has 2 aromatic heterocycles. The Bertz CT molecular complexity index is 1080. The molecule has 3 aromatic rings. The van der Waals surface area contributed by atoms with Gasteiger partial charge in [-0.25, -0.2) is 9.97 Å². The number of hydrogen-bond donors (Lipinski definition) is 2. The quantitative estimate of drug-likeness (QED) is 0.596. The highest BCUT2D eigenvalue weighted by Gasteiger charge is 2.25. The van der Waals surface area contributed by atoms with Crippen molar-refractivity contribution in [2.45, 2.75) is 33.4 Å². The van der Waals surface area contributed by atoms with Crippen LogP contribution in [-0.4, -0.2) is 51.9 Å². The van der Waals surface area contributed by atoms with Crippen molar-refractivity contribution in [1.82, 2.24) is 14.9 Å². The molecule has 0 atom stereocenters. The van der Waals surface area contributed by atoms with Crippen molar-refractivity contribution in [1.29, 1.82) is 0 Å². The van der Waals surface area contributed by atoms with E-state index >= 15 is 0 Å². The number of nitrogens with one attached hydrogen (secondary N) is 1. The van der Waals surface area contributed by atoms with Gasteiger partial charge in [-0.15, -0.1) is 11.3 Å². The van der Waals surface area contributed by atoms with E-state index in [0.29, 0.717) is 23.8 Å². The summed E-state index contributed by atoms with van der Waals surface area (Å²) >= 11 is 1.36. The number of fused-ring (bicyclic) bond motifs is 2. The fourth-order valence-electron chi connectivity index (χ4n) is 3.48. The average molecular weight is 429 g/mol. The molecule has 0 unspecified atom stereocenters. The molecule has 1 aromatic carbocycles. The zero-order chi connectivity index (χ0) is 21.3. The Hall–Kier alpha value is -2.91. The van der Waals surface area contributed by atoms with Gasteiger partial charge in [-0.1, -0.05) is 6.07 Å². The first-order valence-corrected chi connectivity index (χ1v) is 10.6. The largest absolute Gasteiger partial charge is 0.454 e. The second-order valence-electron chi connectivity index (χ2n) is 7.32. The number of aryl methyl sites for hydroxylation is 1. The number of carbonyl (C=O) groups excluding carboxylic acids is 1. The van der Waals surface area contributed by atoms with Gasteiger partial charge in [0.2, 0.25) is 6.79 Å². The maximum Gasteiger partial charge on any atom is 0.264 e. The molecule has 9 heteroatoms. The number of ether oxygens (including phenoxy) is 2. The predicted molar refractivity (Wildman–Crippen MR) is 115 cm³/mol. The lowest BCUT2D eigenvalue weighted by Crippen LogP contribution is -2.38. The number of aliphatic hydroxyl groups excluding tert-OH is 1. The summed E-state index contributed by atoms with van der Waals surface area (Å²) in [5.74, 6) is 2.07. The van der Waals surface area contributed by atoms with E-state index in [4.69, 9.17) is 9.47 Å². The topological polar surface area (TPSA) is 96.8 Å². The van der Waals surface area contributed by atoms with Gasteiger partial charge in [0.25, 0.3) is 5.91 Å². The van der Waals surface area contributed by atoms with Crippen molar-refractivity contribution in [3.63, 3.8) is 0 Å². The zero-order valence-electron chi connectivity index (χ0n) is 17.1. The van der Waals surface area contributed by atoms with Gasteiger partial charge in [0.15, 0.2) is 11.5 Å². The molecule has 0 fully saturated rings. The zero-order valence-corrected chi connectivity index (χ0v) is 18.0. The molecule has 0 bridgehead atoms. The normalized spacial score (nSPS) is 12.6. The molecule has 1 amide bonds. The Morgan fingerprint density at radius 3 is 2.87 bits per heavy atom. The highest BCUT2D eigenvalue weighted by molar-refractivity contribution is 7.20. The molecule has 0 saturated heterocycles. The van der Waals surface area contributed by atoms with Gasteiger partial charge >= 0.3 is 0 Å². The lowest BCUT2D eigenvalue weighted by molar-refractivity contribution is 0.0669. The molecule has 2 N–H and O–H groups in total. The summed E-state index contributed by atoms with van der Waals surface area (Å²) in [6, 6.07) is 5.80. The van der Waals surface area contributed by atoms with Gasteiger partial charge < -0.3 is 24.8 Å². The summed E-state index contributed by atoms with van der Waals surface area (Å²) in [6.07, 6.45) is 1.50. The molecule has 8 nitrogen and oxygen atoms in total. The third-order valence-corrected chi connectivity index (χ3v) is 6.23. The Kier molecular flexibility index (Phi) is 5.74. The highest BCUT2D eigenvalue weighted by atomic mass is 32.1. The third-order valence-electron chi connectivity index (χ3n) is 5.04. The van der Waals surface area contributed by atoms with Crippen molar-refractivity contribution in [3.05, 3.63) is 40.5 Å². The van der Waals surface area contributed by atoms with Gasteiger partial charge in [0, 0.05) is 19.1 Å². The fourth-order valence-corrected chi connectivity index (χ4v) is 4.58. The summed E-state index contributed by atoms with van der Waals surface area (Å²) in [6.45, 7) is 6.81. The number of rotatable bonds is 7. The van der Waals surface area contributed by atoms with E-state index in [1.165, 1.54) is 17.7 Å². The smallest absolute Gasteiger partial charge is 0.264 e. The van der Waals surface area contributed by atoms with Gasteiger partial charge in [-0.05, 0) is 44.0 Å². The second-order valence-corrected chi connectivity index (χ2v) is 8.31. The maximum atomic E-state index is 13.1. The molecule has 1 aliphatic rings. The number of aliphatic hydroxyl groups is 1. The van der Waals surface area contributed by atoms with Crippen molar-refractivity contribution < 1.29 is 19.4 Å².